The SMILES string of the molecule is O=S1(=O)N[C@](c2ccccc2)(C2CC2)c2ccccc21. The number of rotatable bonds is 2. The van der Waals surface area contributed by atoms with E-state index in [0.29, 0.717) is 10.8 Å². The molecule has 1 aliphatic carbocycles. The summed E-state index contributed by atoms with van der Waals surface area (Å²) < 4.78 is 27.9. The van der Waals surface area contributed by atoms with Crippen LogP contribution in [-0.2, 0) is 15.6 Å². The van der Waals surface area contributed by atoms with E-state index >= 15 is 0 Å². The molecule has 1 saturated carbocycles. The Morgan fingerprint density at radius 1 is 0.950 bits per heavy atom. The van der Waals surface area contributed by atoms with E-state index in [-0.39, 0.29) is 0 Å². The minimum atomic E-state index is -3.42. The summed E-state index contributed by atoms with van der Waals surface area (Å²) in [5, 5.41) is 0. The highest BCUT2D eigenvalue weighted by atomic mass is 32.2. The van der Waals surface area contributed by atoms with E-state index in [0.717, 1.165) is 24.0 Å². The Hall–Kier alpha value is -1.65. The Labute approximate surface area is 118 Å². The molecule has 0 amide bonds. The lowest BCUT2D eigenvalue weighted by atomic mass is 9.80. The molecule has 2 aliphatic rings. The number of benzene rings is 2. The minimum absolute atomic E-state index is 0.350. The zero-order valence-electron chi connectivity index (χ0n) is 10.9. The molecule has 0 spiro atoms. The van der Waals surface area contributed by atoms with Crippen molar-refractivity contribution in [2.24, 2.45) is 5.92 Å². The van der Waals surface area contributed by atoms with Crippen LogP contribution in [0.1, 0.15) is 24.0 Å². The predicted octanol–water partition coefficient (Wildman–Crippen LogP) is 2.63. The van der Waals surface area contributed by atoms with Crippen molar-refractivity contribution in [1.82, 2.24) is 4.72 Å². The van der Waals surface area contributed by atoms with E-state index in [4.69, 9.17) is 0 Å². The number of hydrogen-bond donors (Lipinski definition) is 1. The molecule has 1 N–H and O–H groups in total. The molecule has 0 aromatic heterocycles. The van der Waals surface area contributed by atoms with E-state index in [9.17, 15) is 8.42 Å². The van der Waals surface area contributed by atoms with Gasteiger partial charge in [-0.05, 0) is 36.0 Å². The summed E-state index contributed by atoms with van der Waals surface area (Å²) in [4.78, 5) is 0.427. The standard InChI is InChI=1S/C16H15NO2S/c18-20(19)15-9-5-4-8-14(15)16(17-20,13-10-11-13)12-6-2-1-3-7-12/h1-9,13,17H,10-11H2/t16-/m1/s1. The highest BCUT2D eigenvalue weighted by molar-refractivity contribution is 7.89. The molecule has 1 fully saturated rings. The molecule has 0 radical (unpaired) electrons. The van der Waals surface area contributed by atoms with Gasteiger partial charge in [0.2, 0.25) is 10.0 Å². The Balaban J connectivity index is 2.04. The maximum Gasteiger partial charge on any atom is 0.242 e. The summed E-state index contributed by atoms with van der Waals surface area (Å²) in [6.45, 7) is 0. The summed E-state index contributed by atoms with van der Waals surface area (Å²) in [5.74, 6) is 0.350. The van der Waals surface area contributed by atoms with Crippen LogP contribution in [0.3, 0.4) is 0 Å². The zero-order chi connectivity index (χ0) is 13.8. The number of nitrogens with one attached hydrogen (secondary N) is 1. The van der Waals surface area contributed by atoms with Gasteiger partial charge in [-0.3, -0.25) is 0 Å². The normalized spacial score (nSPS) is 27.2. The zero-order valence-corrected chi connectivity index (χ0v) is 11.7. The highest BCUT2D eigenvalue weighted by Gasteiger charge is 2.55. The first-order valence-electron chi connectivity index (χ1n) is 6.83. The summed E-state index contributed by atoms with van der Waals surface area (Å²) in [7, 11) is -3.42. The van der Waals surface area contributed by atoms with Crippen LogP contribution >= 0.6 is 0 Å². The van der Waals surface area contributed by atoms with E-state index in [1.165, 1.54) is 0 Å². The highest BCUT2D eigenvalue weighted by Crippen LogP contribution is 2.54. The third-order valence-corrected chi connectivity index (χ3v) is 5.84. The lowest BCUT2D eigenvalue weighted by molar-refractivity contribution is 0.426. The molecule has 1 heterocycles. The van der Waals surface area contributed by atoms with Gasteiger partial charge in [0.05, 0.1) is 10.4 Å². The van der Waals surface area contributed by atoms with E-state index in [2.05, 4.69) is 4.72 Å². The van der Waals surface area contributed by atoms with Crippen molar-refractivity contribution in [2.75, 3.05) is 0 Å². The maximum absolute atomic E-state index is 12.5. The molecule has 102 valence electrons. The Kier molecular flexibility index (Phi) is 2.38. The largest absolute Gasteiger partial charge is 0.242 e. The molecule has 2 aromatic carbocycles. The van der Waals surface area contributed by atoms with Gasteiger partial charge in [0, 0.05) is 0 Å². The van der Waals surface area contributed by atoms with Gasteiger partial charge in [-0.1, -0.05) is 48.5 Å². The fourth-order valence-corrected chi connectivity index (χ4v) is 5.02. The van der Waals surface area contributed by atoms with E-state index in [1.807, 2.05) is 42.5 Å². The van der Waals surface area contributed by atoms with Crippen LogP contribution in [0.25, 0.3) is 0 Å². The molecule has 1 aliphatic heterocycles. The van der Waals surface area contributed by atoms with Gasteiger partial charge in [0.1, 0.15) is 0 Å². The summed E-state index contributed by atoms with van der Waals surface area (Å²) >= 11 is 0. The molecule has 4 rings (SSSR count). The van der Waals surface area contributed by atoms with Crippen molar-refractivity contribution in [1.29, 1.82) is 0 Å². The van der Waals surface area contributed by atoms with Crippen molar-refractivity contribution < 1.29 is 8.42 Å². The van der Waals surface area contributed by atoms with Crippen molar-refractivity contribution in [3.8, 4) is 0 Å². The van der Waals surface area contributed by atoms with Crippen molar-refractivity contribution in [2.45, 2.75) is 23.3 Å². The molecular weight excluding hydrogens is 270 g/mol. The molecule has 0 saturated heterocycles. The molecule has 0 unspecified atom stereocenters. The molecule has 1 atom stereocenters. The van der Waals surface area contributed by atoms with Gasteiger partial charge in [0.15, 0.2) is 0 Å². The molecule has 3 nitrogen and oxygen atoms in total. The molecule has 0 bridgehead atoms. The molecule has 20 heavy (non-hydrogen) atoms. The first kappa shape index (κ1) is 12.1. The van der Waals surface area contributed by atoms with E-state index in [1.54, 1.807) is 12.1 Å². The average molecular weight is 285 g/mol. The Morgan fingerprint density at radius 3 is 2.30 bits per heavy atom. The molecule has 4 heteroatoms. The van der Waals surface area contributed by atoms with Gasteiger partial charge >= 0.3 is 0 Å². The van der Waals surface area contributed by atoms with Crippen LogP contribution in [0.5, 0.6) is 0 Å². The van der Waals surface area contributed by atoms with Crippen molar-refractivity contribution in [3.05, 3.63) is 65.7 Å². The van der Waals surface area contributed by atoms with Crippen LogP contribution in [-0.4, -0.2) is 8.42 Å². The van der Waals surface area contributed by atoms with Gasteiger partial charge in [-0.2, -0.15) is 4.72 Å². The second-order valence-corrected chi connectivity index (χ2v) is 7.20. The van der Waals surface area contributed by atoms with Crippen LogP contribution in [0.2, 0.25) is 0 Å². The van der Waals surface area contributed by atoms with Gasteiger partial charge in [-0.15, -0.1) is 0 Å². The third kappa shape index (κ3) is 1.52. The fourth-order valence-electron chi connectivity index (χ4n) is 3.32. The minimum Gasteiger partial charge on any atom is -0.207 e. The van der Waals surface area contributed by atoms with Gasteiger partial charge in [0.25, 0.3) is 0 Å². The first-order chi connectivity index (χ1) is 9.64. The average Bonchev–Trinajstić information content (AvgIpc) is 3.28. The topological polar surface area (TPSA) is 46.2 Å². The molecule has 2 aromatic rings. The summed E-state index contributed by atoms with van der Waals surface area (Å²) in [6, 6.07) is 17.3. The van der Waals surface area contributed by atoms with Gasteiger partial charge < -0.3 is 0 Å². The predicted molar refractivity (Wildman–Crippen MR) is 76.7 cm³/mol. The van der Waals surface area contributed by atoms with Crippen molar-refractivity contribution in [3.63, 3.8) is 0 Å². The first-order valence-corrected chi connectivity index (χ1v) is 8.32. The lowest BCUT2D eigenvalue weighted by Gasteiger charge is -2.30. The van der Waals surface area contributed by atoms with Crippen molar-refractivity contribution >= 4 is 10.0 Å². The second-order valence-electron chi connectivity index (χ2n) is 5.55. The summed E-state index contributed by atoms with van der Waals surface area (Å²) in [5.41, 5.74) is 1.36. The Morgan fingerprint density at radius 2 is 1.60 bits per heavy atom. The monoisotopic (exact) mass is 285 g/mol. The van der Waals surface area contributed by atoms with Crippen LogP contribution < -0.4 is 4.72 Å². The quantitative estimate of drug-likeness (QED) is 0.922. The number of sulfonamides is 1. The summed E-state index contributed by atoms with van der Waals surface area (Å²) in [6.07, 6.45) is 2.12. The number of fused-ring (bicyclic) bond motifs is 1. The maximum atomic E-state index is 12.5. The number of hydrogen-bond acceptors (Lipinski definition) is 2. The fraction of sp³-hybridized carbons (Fsp3) is 0.250. The molecular formula is C16H15NO2S. The van der Waals surface area contributed by atoms with Gasteiger partial charge in [-0.25, -0.2) is 8.42 Å². The van der Waals surface area contributed by atoms with Crippen LogP contribution in [0, 0.1) is 5.92 Å². The third-order valence-electron chi connectivity index (χ3n) is 4.32. The Bertz CT molecular complexity index is 766. The van der Waals surface area contributed by atoms with Crippen LogP contribution in [0.15, 0.2) is 59.5 Å². The lowest BCUT2D eigenvalue weighted by Crippen LogP contribution is -2.42. The van der Waals surface area contributed by atoms with Crippen LogP contribution in [0.4, 0.5) is 0 Å². The smallest absolute Gasteiger partial charge is 0.207 e. The second kappa shape index (κ2) is 3.93. The van der Waals surface area contributed by atoms with E-state index < -0.39 is 15.6 Å².